The summed E-state index contributed by atoms with van der Waals surface area (Å²) in [5.41, 5.74) is 2.69. The van der Waals surface area contributed by atoms with Crippen molar-refractivity contribution < 1.29 is 9.59 Å². The highest BCUT2D eigenvalue weighted by molar-refractivity contribution is 6.33. The molecule has 0 atom stereocenters. The number of amides is 2. The van der Waals surface area contributed by atoms with Gasteiger partial charge in [-0.2, -0.15) is 0 Å². The van der Waals surface area contributed by atoms with Gasteiger partial charge in [-0.3, -0.25) is 14.5 Å². The Morgan fingerprint density at radius 1 is 0.967 bits per heavy atom. The topological polar surface area (TPSA) is 61.4 Å². The van der Waals surface area contributed by atoms with Crippen molar-refractivity contribution in [2.75, 3.05) is 13.6 Å². The van der Waals surface area contributed by atoms with E-state index in [-0.39, 0.29) is 18.4 Å². The molecule has 1 aliphatic carbocycles. The summed E-state index contributed by atoms with van der Waals surface area (Å²) in [5.74, 6) is -0.587. The van der Waals surface area contributed by atoms with E-state index in [9.17, 15) is 9.59 Å². The lowest BCUT2D eigenvalue weighted by Gasteiger charge is -2.31. The van der Waals surface area contributed by atoms with Crippen molar-refractivity contribution in [2.24, 2.45) is 0 Å². The van der Waals surface area contributed by atoms with Crippen LogP contribution < -0.4 is 10.6 Å². The molecule has 2 amide bonds. The minimum absolute atomic E-state index is 0.0891. The molecule has 0 bridgehead atoms. The van der Waals surface area contributed by atoms with Crippen LogP contribution in [0.1, 0.15) is 53.6 Å². The van der Waals surface area contributed by atoms with Gasteiger partial charge in [0.1, 0.15) is 0 Å². The molecule has 1 fully saturated rings. The van der Waals surface area contributed by atoms with Gasteiger partial charge >= 0.3 is 0 Å². The molecule has 0 unspecified atom stereocenters. The third-order valence-corrected chi connectivity index (χ3v) is 6.07. The van der Waals surface area contributed by atoms with Crippen molar-refractivity contribution in [3.05, 3.63) is 70.2 Å². The number of benzene rings is 2. The third-order valence-electron chi connectivity index (χ3n) is 5.74. The highest BCUT2D eigenvalue weighted by Gasteiger charge is 2.19. The summed E-state index contributed by atoms with van der Waals surface area (Å²) >= 11 is 6.03. The maximum atomic E-state index is 12.2. The first kappa shape index (κ1) is 22.3. The molecule has 2 aromatic rings. The Balaban J connectivity index is 1.50. The normalized spacial score (nSPS) is 14.5. The first-order valence-electron chi connectivity index (χ1n) is 10.6. The predicted molar refractivity (Wildman–Crippen MR) is 120 cm³/mol. The van der Waals surface area contributed by atoms with Gasteiger partial charge in [0.25, 0.3) is 5.91 Å². The Morgan fingerprint density at radius 3 is 2.37 bits per heavy atom. The summed E-state index contributed by atoms with van der Waals surface area (Å²) in [6.45, 7) is 1.23. The van der Waals surface area contributed by atoms with Crippen LogP contribution in [-0.4, -0.2) is 36.3 Å². The van der Waals surface area contributed by atoms with Gasteiger partial charge in [-0.25, -0.2) is 0 Å². The lowest BCUT2D eigenvalue weighted by atomic mass is 9.94. The fraction of sp³-hybridized carbons (Fsp3) is 0.417. The van der Waals surface area contributed by atoms with Gasteiger partial charge < -0.3 is 10.6 Å². The quantitative estimate of drug-likeness (QED) is 0.665. The molecule has 1 aliphatic rings. The average molecular weight is 428 g/mol. The molecular weight excluding hydrogens is 398 g/mol. The number of halogens is 1. The monoisotopic (exact) mass is 427 g/mol. The highest BCUT2D eigenvalue weighted by Crippen LogP contribution is 2.23. The van der Waals surface area contributed by atoms with E-state index in [1.54, 1.807) is 24.3 Å². The van der Waals surface area contributed by atoms with E-state index in [1.807, 2.05) is 18.2 Å². The zero-order valence-corrected chi connectivity index (χ0v) is 18.3. The van der Waals surface area contributed by atoms with Gasteiger partial charge in [-0.15, -0.1) is 0 Å². The second kappa shape index (κ2) is 11.1. The Bertz CT molecular complexity index is 865. The molecule has 5 nitrogen and oxygen atoms in total. The molecule has 0 aromatic heterocycles. The first-order chi connectivity index (χ1) is 14.5. The molecule has 160 valence electrons. The van der Waals surface area contributed by atoms with Crippen LogP contribution >= 0.6 is 11.6 Å². The summed E-state index contributed by atoms with van der Waals surface area (Å²) in [6.07, 6.45) is 6.50. The summed E-state index contributed by atoms with van der Waals surface area (Å²) in [6, 6.07) is 15.6. The largest absolute Gasteiger partial charge is 0.350 e. The van der Waals surface area contributed by atoms with Crippen LogP contribution in [0, 0.1) is 0 Å². The van der Waals surface area contributed by atoms with Crippen LogP contribution in [0.2, 0.25) is 5.02 Å². The minimum atomic E-state index is -0.356. The van der Waals surface area contributed by atoms with Crippen molar-refractivity contribution in [1.82, 2.24) is 15.5 Å². The van der Waals surface area contributed by atoms with Crippen molar-refractivity contribution in [3.63, 3.8) is 0 Å². The second-order valence-corrected chi connectivity index (χ2v) is 8.32. The van der Waals surface area contributed by atoms with Gasteiger partial charge in [0.2, 0.25) is 5.91 Å². The number of nitrogens with zero attached hydrogens (tertiary/aromatic N) is 1. The lowest BCUT2D eigenvalue weighted by molar-refractivity contribution is -0.120. The van der Waals surface area contributed by atoms with E-state index in [1.165, 1.54) is 37.7 Å². The molecule has 0 saturated heterocycles. The van der Waals surface area contributed by atoms with Gasteiger partial charge in [-0.1, -0.05) is 67.3 Å². The van der Waals surface area contributed by atoms with Gasteiger partial charge in [0, 0.05) is 19.1 Å². The molecule has 30 heavy (non-hydrogen) atoms. The fourth-order valence-electron chi connectivity index (χ4n) is 3.96. The van der Waals surface area contributed by atoms with Gasteiger partial charge in [-0.05, 0) is 43.1 Å². The Hall–Kier alpha value is -2.37. The van der Waals surface area contributed by atoms with Crippen molar-refractivity contribution in [3.8, 4) is 0 Å². The van der Waals surface area contributed by atoms with Crippen LogP contribution in [-0.2, 0) is 17.9 Å². The van der Waals surface area contributed by atoms with Gasteiger partial charge in [0.15, 0.2) is 0 Å². The standard InChI is InChI=1S/C24H30ClN3O2/c1-28(20-11-3-2-4-12-20)17-19-10-6-5-9-18(19)15-26-23(29)16-27-24(30)21-13-7-8-14-22(21)25/h5-10,13-14,20H,2-4,11-12,15-17H2,1H3,(H,26,29)(H,27,30). The Kier molecular flexibility index (Phi) is 8.29. The number of rotatable bonds is 8. The van der Waals surface area contributed by atoms with Crippen molar-refractivity contribution >= 4 is 23.4 Å². The predicted octanol–water partition coefficient (Wildman–Crippen LogP) is 4.15. The molecule has 6 heteroatoms. The Morgan fingerprint density at radius 2 is 1.63 bits per heavy atom. The van der Waals surface area contributed by atoms with E-state index in [4.69, 9.17) is 11.6 Å². The molecule has 1 saturated carbocycles. The molecule has 0 radical (unpaired) electrons. The number of carbonyl (C=O) groups is 2. The molecule has 0 spiro atoms. The van der Waals surface area contributed by atoms with Crippen LogP contribution in [0.15, 0.2) is 48.5 Å². The van der Waals surface area contributed by atoms with E-state index in [0.717, 1.165) is 12.1 Å². The van der Waals surface area contributed by atoms with E-state index >= 15 is 0 Å². The van der Waals surface area contributed by atoms with Gasteiger partial charge in [0.05, 0.1) is 17.1 Å². The van der Waals surface area contributed by atoms with E-state index < -0.39 is 0 Å². The summed E-state index contributed by atoms with van der Waals surface area (Å²) < 4.78 is 0. The van der Waals surface area contributed by atoms with Crippen LogP contribution in [0.3, 0.4) is 0 Å². The maximum absolute atomic E-state index is 12.2. The van der Waals surface area contributed by atoms with Crippen molar-refractivity contribution in [2.45, 2.75) is 51.2 Å². The Labute approximate surface area is 183 Å². The summed E-state index contributed by atoms with van der Waals surface area (Å²) in [4.78, 5) is 26.9. The highest BCUT2D eigenvalue weighted by atomic mass is 35.5. The molecule has 0 aliphatic heterocycles. The number of nitrogens with one attached hydrogen (secondary N) is 2. The van der Waals surface area contributed by atoms with Crippen LogP contribution in [0.4, 0.5) is 0 Å². The maximum Gasteiger partial charge on any atom is 0.253 e. The number of hydrogen-bond acceptors (Lipinski definition) is 3. The minimum Gasteiger partial charge on any atom is -0.350 e. The third kappa shape index (κ3) is 6.31. The first-order valence-corrected chi connectivity index (χ1v) is 11.0. The van der Waals surface area contributed by atoms with Crippen molar-refractivity contribution in [1.29, 1.82) is 0 Å². The molecule has 2 aromatic carbocycles. The van der Waals surface area contributed by atoms with E-state index in [0.29, 0.717) is 23.2 Å². The average Bonchev–Trinajstić information content (AvgIpc) is 2.77. The zero-order chi connectivity index (χ0) is 21.3. The van der Waals surface area contributed by atoms with Crippen LogP contribution in [0.5, 0.6) is 0 Å². The smallest absolute Gasteiger partial charge is 0.253 e. The van der Waals surface area contributed by atoms with E-state index in [2.05, 4.69) is 28.6 Å². The molecule has 2 N–H and O–H groups in total. The number of hydrogen-bond donors (Lipinski definition) is 2. The number of carbonyl (C=O) groups excluding carboxylic acids is 2. The summed E-state index contributed by atoms with van der Waals surface area (Å²) in [5, 5.41) is 5.90. The molecule has 0 heterocycles. The fourth-order valence-corrected chi connectivity index (χ4v) is 4.18. The summed E-state index contributed by atoms with van der Waals surface area (Å²) in [7, 11) is 2.19. The zero-order valence-electron chi connectivity index (χ0n) is 17.5. The second-order valence-electron chi connectivity index (χ2n) is 7.91. The lowest BCUT2D eigenvalue weighted by Crippen LogP contribution is -2.37. The molecular formula is C24H30ClN3O2. The van der Waals surface area contributed by atoms with Crippen LogP contribution in [0.25, 0.3) is 0 Å². The molecule has 3 rings (SSSR count). The SMILES string of the molecule is CN(Cc1ccccc1CNC(=O)CNC(=O)c1ccccc1Cl)C1CCCCC1.